The summed E-state index contributed by atoms with van der Waals surface area (Å²) in [5, 5.41) is 5.98. The second-order valence-corrected chi connectivity index (χ2v) is 5.12. The molecule has 6 nitrogen and oxygen atoms in total. The van der Waals surface area contributed by atoms with E-state index in [1.807, 2.05) is 12.1 Å². The first kappa shape index (κ1) is 14.5. The molecule has 1 aromatic carbocycles. The minimum Gasteiger partial charge on any atom is -0.376 e. The van der Waals surface area contributed by atoms with Crippen molar-refractivity contribution < 1.29 is 9.53 Å². The van der Waals surface area contributed by atoms with Gasteiger partial charge in [0.15, 0.2) is 0 Å². The lowest BCUT2D eigenvalue weighted by atomic mass is 10.1. The highest BCUT2D eigenvalue weighted by Gasteiger charge is 2.16. The van der Waals surface area contributed by atoms with Gasteiger partial charge in [0.05, 0.1) is 6.10 Å². The predicted octanol–water partition coefficient (Wildman–Crippen LogP) is 2.13. The van der Waals surface area contributed by atoms with Crippen molar-refractivity contribution >= 4 is 17.5 Å². The third kappa shape index (κ3) is 3.79. The minimum atomic E-state index is -0.104. The zero-order chi connectivity index (χ0) is 15.2. The molecule has 2 heterocycles. The zero-order valence-corrected chi connectivity index (χ0v) is 12.2. The summed E-state index contributed by atoms with van der Waals surface area (Å²) in [6, 6.07) is 9.00. The van der Waals surface area contributed by atoms with Crippen molar-refractivity contribution in [2.75, 3.05) is 18.5 Å². The van der Waals surface area contributed by atoms with Gasteiger partial charge in [-0.25, -0.2) is 9.97 Å². The maximum absolute atomic E-state index is 12.2. The van der Waals surface area contributed by atoms with E-state index < -0.39 is 0 Å². The third-order valence-electron chi connectivity index (χ3n) is 3.46. The van der Waals surface area contributed by atoms with Crippen LogP contribution in [0.5, 0.6) is 0 Å². The number of amides is 1. The van der Waals surface area contributed by atoms with Gasteiger partial charge in [-0.05, 0) is 37.1 Å². The molecule has 1 unspecified atom stereocenters. The van der Waals surface area contributed by atoms with Crippen LogP contribution in [0.3, 0.4) is 0 Å². The van der Waals surface area contributed by atoms with Crippen molar-refractivity contribution in [1.82, 2.24) is 15.3 Å². The quantitative estimate of drug-likeness (QED) is 0.884. The molecule has 22 heavy (non-hydrogen) atoms. The lowest BCUT2D eigenvalue weighted by Crippen LogP contribution is -2.31. The van der Waals surface area contributed by atoms with Crippen molar-refractivity contribution in [2.24, 2.45) is 0 Å². The van der Waals surface area contributed by atoms with E-state index in [0.29, 0.717) is 18.1 Å². The average molecular weight is 298 g/mol. The van der Waals surface area contributed by atoms with Crippen molar-refractivity contribution in [3.05, 3.63) is 48.3 Å². The molecule has 1 aliphatic rings. The molecule has 114 valence electrons. The molecule has 1 atom stereocenters. The Morgan fingerprint density at radius 1 is 1.27 bits per heavy atom. The van der Waals surface area contributed by atoms with Crippen molar-refractivity contribution in [1.29, 1.82) is 0 Å². The Balaban J connectivity index is 1.61. The molecule has 2 aromatic rings. The molecule has 0 bridgehead atoms. The maximum Gasteiger partial charge on any atom is 0.251 e. The predicted molar refractivity (Wildman–Crippen MR) is 83.1 cm³/mol. The van der Waals surface area contributed by atoms with Gasteiger partial charge in [-0.1, -0.05) is 6.07 Å². The van der Waals surface area contributed by atoms with Gasteiger partial charge >= 0.3 is 0 Å². The van der Waals surface area contributed by atoms with Gasteiger partial charge in [-0.3, -0.25) is 4.79 Å². The van der Waals surface area contributed by atoms with Crippen LogP contribution in [0.25, 0.3) is 0 Å². The van der Waals surface area contributed by atoms with Crippen LogP contribution in [-0.4, -0.2) is 35.1 Å². The fraction of sp³-hybridized carbons (Fsp3) is 0.312. The van der Waals surface area contributed by atoms with Gasteiger partial charge in [0.25, 0.3) is 5.91 Å². The van der Waals surface area contributed by atoms with Crippen LogP contribution in [0.4, 0.5) is 11.6 Å². The number of anilines is 2. The molecule has 0 spiro atoms. The number of hydrogen-bond donors (Lipinski definition) is 2. The van der Waals surface area contributed by atoms with Crippen molar-refractivity contribution in [3.63, 3.8) is 0 Å². The van der Waals surface area contributed by atoms with E-state index in [2.05, 4.69) is 20.6 Å². The van der Waals surface area contributed by atoms with Crippen LogP contribution >= 0.6 is 0 Å². The Morgan fingerprint density at radius 2 is 2.14 bits per heavy atom. The number of benzene rings is 1. The highest BCUT2D eigenvalue weighted by Crippen LogP contribution is 2.15. The first-order valence-electron chi connectivity index (χ1n) is 7.35. The van der Waals surface area contributed by atoms with Crippen LogP contribution in [0, 0.1) is 0 Å². The molecule has 1 fully saturated rings. The first-order valence-corrected chi connectivity index (χ1v) is 7.35. The maximum atomic E-state index is 12.2. The molecule has 1 amide bonds. The van der Waals surface area contributed by atoms with Gasteiger partial charge in [0.2, 0.25) is 5.95 Å². The van der Waals surface area contributed by atoms with E-state index in [4.69, 9.17) is 4.74 Å². The lowest BCUT2D eigenvalue weighted by Gasteiger charge is -2.11. The van der Waals surface area contributed by atoms with Crippen molar-refractivity contribution in [2.45, 2.75) is 18.9 Å². The Hall–Kier alpha value is -2.47. The first-order chi connectivity index (χ1) is 10.8. The van der Waals surface area contributed by atoms with E-state index in [9.17, 15) is 4.79 Å². The van der Waals surface area contributed by atoms with Gasteiger partial charge in [0, 0.05) is 36.8 Å². The standard InChI is InChI=1S/C16H18N4O2/c21-15(19-11-14-6-2-9-22-14)12-4-1-5-13(10-12)20-16-17-7-3-8-18-16/h1,3-5,7-8,10,14H,2,6,9,11H2,(H,19,21)(H,17,18,20). The molecule has 1 aliphatic heterocycles. The van der Waals surface area contributed by atoms with Crippen LogP contribution in [-0.2, 0) is 4.74 Å². The average Bonchev–Trinajstić information content (AvgIpc) is 3.07. The Bertz CT molecular complexity index is 627. The second-order valence-electron chi connectivity index (χ2n) is 5.12. The normalized spacial score (nSPS) is 17.2. The zero-order valence-electron chi connectivity index (χ0n) is 12.2. The lowest BCUT2D eigenvalue weighted by molar-refractivity contribution is 0.0858. The summed E-state index contributed by atoms with van der Waals surface area (Å²) < 4.78 is 5.50. The smallest absolute Gasteiger partial charge is 0.251 e. The molecule has 1 aromatic heterocycles. The Kier molecular flexibility index (Phi) is 4.60. The molecular formula is C16H18N4O2. The molecule has 2 N–H and O–H groups in total. The second kappa shape index (κ2) is 7.00. The van der Waals surface area contributed by atoms with Crippen LogP contribution in [0.1, 0.15) is 23.2 Å². The van der Waals surface area contributed by atoms with Gasteiger partial charge in [0.1, 0.15) is 0 Å². The van der Waals surface area contributed by atoms with E-state index in [1.54, 1.807) is 30.6 Å². The van der Waals surface area contributed by atoms with E-state index in [0.717, 1.165) is 25.1 Å². The van der Waals surface area contributed by atoms with Gasteiger partial charge in [-0.15, -0.1) is 0 Å². The Labute approximate surface area is 128 Å². The van der Waals surface area contributed by atoms with Crippen LogP contribution in [0.15, 0.2) is 42.7 Å². The number of carbonyl (C=O) groups is 1. The van der Waals surface area contributed by atoms with Gasteiger partial charge < -0.3 is 15.4 Å². The van der Waals surface area contributed by atoms with Crippen LogP contribution in [0.2, 0.25) is 0 Å². The summed E-state index contributed by atoms with van der Waals surface area (Å²) in [5.41, 5.74) is 1.37. The highest BCUT2D eigenvalue weighted by molar-refractivity contribution is 5.95. The molecule has 0 radical (unpaired) electrons. The molecule has 0 saturated carbocycles. The summed E-state index contributed by atoms with van der Waals surface area (Å²) in [6.07, 6.45) is 5.54. The summed E-state index contributed by atoms with van der Waals surface area (Å²) in [7, 11) is 0. The fourth-order valence-electron chi connectivity index (χ4n) is 2.34. The van der Waals surface area contributed by atoms with Gasteiger partial charge in [-0.2, -0.15) is 0 Å². The SMILES string of the molecule is O=C(NCC1CCCO1)c1cccc(Nc2ncccn2)c1. The summed E-state index contributed by atoms with van der Waals surface area (Å²) >= 11 is 0. The van der Waals surface area contributed by atoms with Crippen molar-refractivity contribution in [3.8, 4) is 0 Å². The number of hydrogen-bond acceptors (Lipinski definition) is 5. The largest absolute Gasteiger partial charge is 0.376 e. The number of aromatic nitrogens is 2. The summed E-state index contributed by atoms with van der Waals surface area (Å²) in [5.74, 6) is 0.396. The number of rotatable bonds is 5. The number of nitrogens with zero attached hydrogens (tertiary/aromatic N) is 2. The minimum absolute atomic E-state index is 0.104. The highest BCUT2D eigenvalue weighted by atomic mass is 16.5. The number of ether oxygens (including phenoxy) is 1. The fourth-order valence-corrected chi connectivity index (χ4v) is 2.34. The number of carbonyl (C=O) groups excluding carboxylic acids is 1. The molecular weight excluding hydrogens is 280 g/mol. The molecule has 3 rings (SSSR count). The Morgan fingerprint density at radius 3 is 2.91 bits per heavy atom. The summed E-state index contributed by atoms with van der Waals surface area (Å²) in [4.78, 5) is 20.4. The van der Waals surface area contributed by atoms with Crippen LogP contribution < -0.4 is 10.6 Å². The van der Waals surface area contributed by atoms with E-state index in [1.165, 1.54) is 0 Å². The monoisotopic (exact) mass is 298 g/mol. The topological polar surface area (TPSA) is 76.1 Å². The van der Waals surface area contributed by atoms with E-state index >= 15 is 0 Å². The molecule has 6 heteroatoms. The third-order valence-corrected chi connectivity index (χ3v) is 3.46. The molecule has 0 aliphatic carbocycles. The molecule has 1 saturated heterocycles. The summed E-state index contributed by atoms with van der Waals surface area (Å²) in [6.45, 7) is 1.34. The number of nitrogens with one attached hydrogen (secondary N) is 2. The van der Waals surface area contributed by atoms with E-state index in [-0.39, 0.29) is 12.0 Å².